The maximum atomic E-state index is 11.2. The van der Waals surface area contributed by atoms with Crippen molar-refractivity contribution in [2.24, 2.45) is 5.41 Å². The molecule has 1 aromatic rings. The van der Waals surface area contributed by atoms with Gasteiger partial charge in [-0.2, -0.15) is 0 Å². The summed E-state index contributed by atoms with van der Waals surface area (Å²) in [6.07, 6.45) is 4.77. The highest BCUT2D eigenvalue weighted by molar-refractivity contribution is 6.31. The van der Waals surface area contributed by atoms with Crippen LogP contribution >= 0.6 is 11.6 Å². The van der Waals surface area contributed by atoms with E-state index in [2.05, 4.69) is 26.1 Å². The summed E-state index contributed by atoms with van der Waals surface area (Å²) < 4.78 is 0. The van der Waals surface area contributed by atoms with E-state index in [1.807, 2.05) is 0 Å². The molecule has 0 amide bonds. The lowest BCUT2D eigenvalue weighted by molar-refractivity contribution is 0.0698. The van der Waals surface area contributed by atoms with Crippen LogP contribution in [0.3, 0.4) is 0 Å². The largest absolute Gasteiger partial charge is 0.478 e. The number of nitrogens with one attached hydrogen (secondary N) is 1. The van der Waals surface area contributed by atoms with E-state index in [1.165, 1.54) is 25.3 Å². The van der Waals surface area contributed by atoms with Gasteiger partial charge in [0.2, 0.25) is 0 Å². The summed E-state index contributed by atoms with van der Waals surface area (Å²) in [5.74, 6) is -0.937. The minimum atomic E-state index is -0.937. The number of unbranched alkanes of at least 4 members (excludes halogenated alkanes) is 2. The number of carbonyl (C=O) groups is 1. The van der Waals surface area contributed by atoms with Crippen LogP contribution < -0.4 is 5.32 Å². The van der Waals surface area contributed by atoms with E-state index >= 15 is 0 Å². The molecule has 0 aliphatic rings. The Morgan fingerprint density at radius 1 is 1.35 bits per heavy atom. The van der Waals surface area contributed by atoms with Crippen molar-refractivity contribution < 1.29 is 9.90 Å². The van der Waals surface area contributed by atoms with Gasteiger partial charge >= 0.3 is 5.97 Å². The van der Waals surface area contributed by atoms with Crippen molar-refractivity contribution in [3.63, 3.8) is 0 Å². The molecule has 4 heteroatoms. The van der Waals surface area contributed by atoms with E-state index in [4.69, 9.17) is 11.6 Å². The van der Waals surface area contributed by atoms with Gasteiger partial charge in [-0.05, 0) is 30.0 Å². The molecule has 0 aliphatic heterocycles. The zero-order chi connectivity index (χ0) is 15.2. The lowest BCUT2D eigenvalue weighted by Gasteiger charge is -2.26. The van der Waals surface area contributed by atoms with Crippen molar-refractivity contribution in [2.75, 3.05) is 11.9 Å². The number of rotatable bonds is 8. The average Bonchev–Trinajstić information content (AvgIpc) is 2.36. The molecule has 112 valence electrons. The highest BCUT2D eigenvalue weighted by Gasteiger charge is 2.18. The fraction of sp³-hybridized carbons (Fsp3) is 0.562. The van der Waals surface area contributed by atoms with Crippen molar-refractivity contribution >= 4 is 23.3 Å². The molecule has 0 unspecified atom stereocenters. The molecular weight excluding hydrogens is 274 g/mol. The Labute approximate surface area is 126 Å². The van der Waals surface area contributed by atoms with Crippen LogP contribution in [0.5, 0.6) is 0 Å². The van der Waals surface area contributed by atoms with Gasteiger partial charge in [0.05, 0.1) is 11.3 Å². The maximum Gasteiger partial charge on any atom is 0.337 e. The Kier molecular flexibility index (Phi) is 6.34. The Hall–Kier alpha value is -1.22. The Bertz CT molecular complexity index is 458. The van der Waals surface area contributed by atoms with Gasteiger partial charge in [-0.15, -0.1) is 0 Å². The van der Waals surface area contributed by atoms with E-state index in [0.717, 1.165) is 13.0 Å². The van der Waals surface area contributed by atoms with Crippen molar-refractivity contribution in [1.29, 1.82) is 0 Å². The number of halogens is 1. The molecule has 0 fully saturated rings. The van der Waals surface area contributed by atoms with Gasteiger partial charge in [0.1, 0.15) is 0 Å². The van der Waals surface area contributed by atoms with Crippen LogP contribution in [0.4, 0.5) is 5.69 Å². The summed E-state index contributed by atoms with van der Waals surface area (Å²) in [5.41, 5.74) is 0.986. The molecular formula is C16H24ClNO2. The van der Waals surface area contributed by atoms with Gasteiger partial charge in [0.25, 0.3) is 0 Å². The fourth-order valence-electron chi connectivity index (χ4n) is 2.13. The summed E-state index contributed by atoms with van der Waals surface area (Å²) >= 11 is 5.94. The van der Waals surface area contributed by atoms with E-state index < -0.39 is 5.97 Å². The van der Waals surface area contributed by atoms with Gasteiger partial charge in [-0.3, -0.25) is 0 Å². The van der Waals surface area contributed by atoms with Crippen LogP contribution in [0, 0.1) is 5.41 Å². The van der Waals surface area contributed by atoms with Crippen molar-refractivity contribution in [3.05, 3.63) is 28.8 Å². The molecule has 0 bridgehead atoms. The number of aromatic carboxylic acids is 1. The topological polar surface area (TPSA) is 49.3 Å². The number of carboxylic acids is 1. The van der Waals surface area contributed by atoms with Crippen molar-refractivity contribution in [1.82, 2.24) is 0 Å². The second-order valence-corrected chi connectivity index (χ2v) is 6.41. The lowest BCUT2D eigenvalue weighted by Crippen LogP contribution is -2.24. The number of hydrogen-bond donors (Lipinski definition) is 2. The van der Waals surface area contributed by atoms with Crippen molar-refractivity contribution in [3.8, 4) is 0 Å². The van der Waals surface area contributed by atoms with Gasteiger partial charge in [-0.1, -0.05) is 51.6 Å². The minimum Gasteiger partial charge on any atom is -0.478 e. The first kappa shape index (κ1) is 16.8. The normalized spacial score (nSPS) is 11.4. The zero-order valence-corrected chi connectivity index (χ0v) is 13.3. The van der Waals surface area contributed by atoms with E-state index in [0.29, 0.717) is 10.7 Å². The molecule has 1 aromatic carbocycles. The summed E-state index contributed by atoms with van der Waals surface area (Å²) in [4.78, 5) is 11.2. The first-order valence-corrected chi connectivity index (χ1v) is 7.50. The number of benzene rings is 1. The Morgan fingerprint density at radius 2 is 2.05 bits per heavy atom. The molecule has 0 aliphatic carbocycles. The Balaban J connectivity index is 2.68. The smallest absolute Gasteiger partial charge is 0.337 e. The highest BCUT2D eigenvalue weighted by Crippen LogP contribution is 2.27. The minimum absolute atomic E-state index is 0.132. The molecule has 0 spiro atoms. The van der Waals surface area contributed by atoms with E-state index in [9.17, 15) is 9.90 Å². The van der Waals surface area contributed by atoms with Crippen LogP contribution in [0.2, 0.25) is 5.02 Å². The second kappa shape index (κ2) is 7.53. The third kappa shape index (κ3) is 5.41. The van der Waals surface area contributed by atoms with Crippen LogP contribution in [0.1, 0.15) is 56.8 Å². The van der Waals surface area contributed by atoms with E-state index in [-0.39, 0.29) is 11.0 Å². The highest BCUT2D eigenvalue weighted by atomic mass is 35.5. The Morgan fingerprint density at radius 3 is 2.65 bits per heavy atom. The number of anilines is 1. The first-order chi connectivity index (χ1) is 9.35. The third-order valence-corrected chi connectivity index (χ3v) is 3.66. The van der Waals surface area contributed by atoms with Gasteiger partial charge < -0.3 is 10.4 Å². The first-order valence-electron chi connectivity index (χ1n) is 7.12. The van der Waals surface area contributed by atoms with Crippen LogP contribution in [-0.4, -0.2) is 17.6 Å². The quantitative estimate of drug-likeness (QED) is 0.660. The summed E-state index contributed by atoms with van der Waals surface area (Å²) in [6, 6.07) is 4.81. The molecule has 1 rings (SSSR count). The zero-order valence-electron chi connectivity index (χ0n) is 12.5. The summed E-state index contributed by atoms with van der Waals surface area (Å²) in [6.45, 7) is 7.31. The molecule has 0 atom stereocenters. The third-order valence-electron chi connectivity index (χ3n) is 3.43. The second-order valence-electron chi connectivity index (χ2n) is 5.97. The van der Waals surface area contributed by atoms with E-state index in [1.54, 1.807) is 12.1 Å². The predicted octanol–water partition coefficient (Wildman–Crippen LogP) is 5.06. The molecule has 3 nitrogen and oxygen atoms in total. The van der Waals surface area contributed by atoms with Gasteiger partial charge in [-0.25, -0.2) is 4.79 Å². The van der Waals surface area contributed by atoms with Gasteiger partial charge in [0, 0.05) is 11.6 Å². The molecule has 0 aromatic heterocycles. The summed E-state index contributed by atoms with van der Waals surface area (Å²) in [5, 5.41) is 13.0. The lowest BCUT2D eigenvalue weighted by atomic mass is 9.86. The molecule has 0 saturated carbocycles. The number of carboxylic acid groups (broad SMARTS) is 1. The van der Waals surface area contributed by atoms with Crippen LogP contribution in [0.25, 0.3) is 0 Å². The maximum absolute atomic E-state index is 11.2. The van der Waals surface area contributed by atoms with Crippen molar-refractivity contribution in [2.45, 2.75) is 46.5 Å². The molecule has 0 saturated heterocycles. The van der Waals surface area contributed by atoms with Gasteiger partial charge in [0.15, 0.2) is 0 Å². The fourth-order valence-corrected chi connectivity index (χ4v) is 2.30. The van der Waals surface area contributed by atoms with Crippen LogP contribution in [0.15, 0.2) is 18.2 Å². The molecule has 20 heavy (non-hydrogen) atoms. The SMILES string of the molecule is CCCCCC(C)(C)CNc1cc(Cl)ccc1C(=O)O. The summed E-state index contributed by atoms with van der Waals surface area (Å²) in [7, 11) is 0. The standard InChI is InChI=1S/C16H24ClNO2/c1-4-5-6-9-16(2,3)11-18-14-10-12(17)7-8-13(14)15(19)20/h7-8,10,18H,4-6,9,11H2,1-3H3,(H,19,20). The average molecular weight is 298 g/mol. The van der Waals surface area contributed by atoms with Crippen LogP contribution in [-0.2, 0) is 0 Å². The predicted molar refractivity (Wildman–Crippen MR) is 84.8 cm³/mol. The molecule has 2 N–H and O–H groups in total. The number of hydrogen-bond acceptors (Lipinski definition) is 2. The molecule has 0 heterocycles. The monoisotopic (exact) mass is 297 g/mol. The molecule has 0 radical (unpaired) electrons.